The van der Waals surface area contributed by atoms with Crippen LogP contribution >= 0.6 is 0 Å². The lowest BCUT2D eigenvalue weighted by atomic mass is 9.97. The van der Waals surface area contributed by atoms with Crippen LogP contribution in [0.3, 0.4) is 0 Å². The molecule has 1 atom stereocenters. The van der Waals surface area contributed by atoms with Crippen LogP contribution < -0.4 is 10.0 Å². The number of rotatable bonds is 4. The lowest BCUT2D eigenvalue weighted by Crippen LogP contribution is -2.44. The van der Waals surface area contributed by atoms with Gasteiger partial charge in [0.15, 0.2) is 0 Å². The fraction of sp³-hybridized carbons (Fsp3) is 0.471. The number of nitriles is 1. The molecule has 7 nitrogen and oxygen atoms in total. The number of piperidine rings is 1. The smallest absolute Gasteiger partial charge is 0.414 e. The number of anilines is 1. The molecule has 0 aliphatic carbocycles. The molecule has 2 saturated heterocycles. The maximum Gasteiger partial charge on any atom is 0.414 e. The van der Waals surface area contributed by atoms with Crippen molar-refractivity contribution in [3.8, 4) is 6.07 Å². The van der Waals surface area contributed by atoms with Crippen molar-refractivity contribution >= 4 is 17.7 Å². The Labute approximate surface area is 140 Å². The molecule has 3 rings (SSSR count). The summed E-state index contributed by atoms with van der Waals surface area (Å²) in [5.74, 6) is -1.35. The zero-order valence-corrected chi connectivity index (χ0v) is 13.2. The van der Waals surface area contributed by atoms with Gasteiger partial charge in [-0.25, -0.2) is 4.79 Å². The Morgan fingerprint density at radius 1 is 1.29 bits per heavy atom. The van der Waals surface area contributed by atoms with E-state index in [0.717, 1.165) is 0 Å². The zero-order chi connectivity index (χ0) is 17.1. The van der Waals surface area contributed by atoms with Gasteiger partial charge in [-0.2, -0.15) is 5.26 Å². The van der Waals surface area contributed by atoms with Crippen LogP contribution in [0, 0.1) is 17.2 Å². The fourth-order valence-electron chi connectivity index (χ4n) is 3.18. The monoisotopic (exact) mass is 328 g/mol. The van der Waals surface area contributed by atoms with Crippen molar-refractivity contribution in [3.63, 3.8) is 0 Å². The Morgan fingerprint density at radius 3 is 2.54 bits per heavy atom. The molecule has 126 valence electrons. The second kappa shape index (κ2) is 6.89. The second-order valence-electron chi connectivity index (χ2n) is 6.17. The molecule has 0 aromatic heterocycles. The molecule has 2 heterocycles. The molecule has 2 aliphatic heterocycles. The Kier molecular flexibility index (Phi) is 4.67. The lowest BCUT2D eigenvalue weighted by molar-refractivity contribution is -0.312. The number of ether oxygens (including phenoxy) is 1. The summed E-state index contributed by atoms with van der Waals surface area (Å²) >= 11 is 0. The van der Waals surface area contributed by atoms with E-state index in [1.165, 1.54) is 0 Å². The third-order valence-corrected chi connectivity index (χ3v) is 4.56. The zero-order valence-electron chi connectivity index (χ0n) is 13.2. The molecule has 0 bridgehead atoms. The molecular weight excluding hydrogens is 310 g/mol. The van der Waals surface area contributed by atoms with Crippen molar-refractivity contribution in [2.45, 2.75) is 18.9 Å². The van der Waals surface area contributed by atoms with Crippen molar-refractivity contribution in [3.05, 3.63) is 29.8 Å². The van der Waals surface area contributed by atoms with Crippen LogP contribution in [0.5, 0.6) is 0 Å². The van der Waals surface area contributed by atoms with Gasteiger partial charge < -0.3 is 14.6 Å². The van der Waals surface area contributed by atoms with E-state index in [1.54, 1.807) is 29.2 Å². The van der Waals surface area contributed by atoms with Gasteiger partial charge in [0, 0.05) is 24.1 Å². The number of cyclic esters (lactones) is 1. The Hall–Kier alpha value is -2.59. The largest absolute Gasteiger partial charge is 0.550 e. The summed E-state index contributed by atoms with van der Waals surface area (Å²) in [4.78, 5) is 26.6. The maximum atomic E-state index is 12.1. The molecule has 24 heavy (non-hydrogen) atoms. The number of hydrogen-bond donors (Lipinski definition) is 0. The van der Waals surface area contributed by atoms with E-state index >= 15 is 0 Å². The van der Waals surface area contributed by atoms with Crippen LogP contribution in [0.15, 0.2) is 24.3 Å². The van der Waals surface area contributed by atoms with Crippen LogP contribution in [-0.2, 0) is 9.53 Å². The van der Waals surface area contributed by atoms with Crippen LogP contribution in [0.2, 0.25) is 0 Å². The Balaban J connectivity index is 1.55. The summed E-state index contributed by atoms with van der Waals surface area (Å²) in [5.41, 5.74) is 1.25. The number of hydrogen-bond acceptors (Lipinski definition) is 6. The Bertz CT molecular complexity index is 659. The van der Waals surface area contributed by atoms with E-state index in [2.05, 4.69) is 4.90 Å². The standard InChI is InChI=1S/C17H19N3O4/c18-9-12-1-3-14(4-2-12)20-11-15(24-17(20)23)10-19-7-5-13(6-8-19)16(21)22/h1-4,13,15H,5-8,10-11H2,(H,21,22)/p-1. The highest BCUT2D eigenvalue weighted by molar-refractivity contribution is 5.89. The second-order valence-corrected chi connectivity index (χ2v) is 6.17. The summed E-state index contributed by atoms with van der Waals surface area (Å²) in [6.07, 6.45) is 0.506. The molecule has 1 unspecified atom stereocenters. The van der Waals surface area contributed by atoms with Crippen LogP contribution in [-0.4, -0.2) is 49.2 Å². The first kappa shape index (κ1) is 16.3. The molecule has 2 fully saturated rings. The van der Waals surface area contributed by atoms with E-state index < -0.39 is 12.1 Å². The lowest BCUT2D eigenvalue weighted by Gasteiger charge is -2.33. The molecular formula is C17H18N3O4-. The first-order chi connectivity index (χ1) is 11.6. The van der Waals surface area contributed by atoms with Gasteiger partial charge in [-0.05, 0) is 50.2 Å². The minimum Gasteiger partial charge on any atom is -0.550 e. The minimum absolute atomic E-state index is 0.243. The molecule has 1 amide bonds. The molecule has 0 radical (unpaired) electrons. The average Bonchev–Trinajstić information content (AvgIpc) is 2.95. The van der Waals surface area contributed by atoms with Crippen LogP contribution in [0.4, 0.5) is 10.5 Å². The summed E-state index contributed by atoms with van der Waals surface area (Å²) in [7, 11) is 0. The molecule has 7 heteroatoms. The van der Waals surface area contributed by atoms with E-state index in [-0.39, 0.29) is 12.0 Å². The first-order valence-corrected chi connectivity index (χ1v) is 7.98. The normalized spacial score (nSPS) is 22.2. The highest BCUT2D eigenvalue weighted by Gasteiger charge is 2.34. The number of aliphatic carboxylic acids is 1. The van der Waals surface area contributed by atoms with Gasteiger partial charge in [-0.1, -0.05) is 0 Å². The van der Waals surface area contributed by atoms with Gasteiger partial charge >= 0.3 is 6.09 Å². The number of nitrogens with zero attached hydrogens (tertiary/aromatic N) is 3. The highest BCUT2D eigenvalue weighted by Crippen LogP contribution is 2.24. The predicted octanol–water partition coefficient (Wildman–Crippen LogP) is 0.345. The molecule has 1 aromatic rings. The Morgan fingerprint density at radius 2 is 1.96 bits per heavy atom. The third-order valence-electron chi connectivity index (χ3n) is 4.56. The number of carboxylic acids is 1. The van der Waals surface area contributed by atoms with Gasteiger partial charge in [0.25, 0.3) is 0 Å². The molecule has 2 aliphatic rings. The highest BCUT2D eigenvalue weighted by atomic mass is 16.6. The molecule has 1 aromatic carbocycles. The van der Waals surface area contributed by atoms with Gasteiger partial charge in [-0.3, -0.25) is 9.80 Å². The number of carbonyl (C=O) groups is 2. The predicted molar refractivity (Wildman–Crippen MR) is 82.9 cm³/mol. The maximum absolute atomic E-state index is 12.1. The van der Waals surface area contributed by atoms with Crippen molar-refractivity contribution in [2.75, 3.05) is 31.1 Å². The average molecular weight is 328 g/mol. The number of benzene rings is 1. The van der Waals surface area contributed by atoms with E-state index in [0.29, 0.717) is 50.3 Å². The van der Waals surface area contributed by atoms with Crippen molar-refractivity contribution in [1.29, 1.82) is 5.26 Å². The van der Waals surface area contributed by atoms with Crippen LogP contribution in [0.1, 0.15) is 18.4 Å². The van der Waals surface area contributed by atoms with Crippen LogP contribution in [0.25, 0.3) is 0 Å². The quantitative estimate of drug-likeness (QED) is 0.791. The number of likely N-dealkylation sites (tertiary alicyclic amines) is 1. The topological polar surface area (TPSA) is 96.7 Å². The molecule has 0 spiro atoms. The summed E-state index contributed by atoms with van der Waals surface area (Å²) in [6.45, 7) is 2.39. The van der Waals surface area contributed by atoms with E-state index in [1.807, 2.05) is 6.07 Å². The summed E-state index contributed by atoms with van der Waals surface area (Å²) in [6, 6.07) is 8.84. The van der Waals surface area contributed by atoms with Crippen molar-refractivity contribution in [1.82, 2.24) is 4.90 Å². The van der Waals surface area contributed by atoms with Crippen molar-refractivity contribution < 1.29 is 19.4 Å². The SMILES string of the molecule is N#Cc1ccc(N2CC(CN3CCC(C(=O)[O-])CC3)OC2=O)cc1. The van der Waals surface area contributed by atoms with Gasteiger partial charge in [0.1, 0.15) is 6.10 Å². The van der Waals surface area contributed by atoms with Crippen molar-refractivity contribution in [2.24, 2.45) is 5.92 Å². The summed E-state index contributed by atoms with van der Waals surface area (Å²) < 4.78 is 5.41. The number of carbonyl (C=O) groups excluding carboxylic acids is 2. The minimum atomic E-state index is -0.978. The first-order valence-electron chi connectivity index (χ1n) is 7.98. The van der Waals surface area contributed by atoms with Gasteiger partial charge in [0.2, 0.25) is 0 Å². The van der Waals surface area contributed by atoms with Gasteiger partial charge in [-0.15, -0.1) is 0 Å². The summed E-state index contributed by atoms with van der Waals surface area (Å²) in [5, 5.41) is 19.7. The number of amides is 1. The van der Waals surface area contributed by atoms with E-state index in [4.69, 9.17) is 10.00 Å². The molecule has 0 saturated carbocycles. The number of carboxylic acid groups (broad SMARTS) is 1. The van der Waals surface area contributed by atoms with E-state index in [9.17, 15) is 14.7 Å². The fourth-order valence-corrected chi connectivity index (χ4v) is 3.18. The third kappa shape index (κ3) is 3.49. The van der Waals surface area contributed by atoms with Gasteiger partial charge in [0.05, 0.1) is 18.2 Å². The molecule has 0 N–H and O–H groups in total.